The van der Waals surface area contributed by atoms with E-state index in [4.69, 9.17) is 0 Å². The standard InChI is InChI=1S/C19H33BrO/c20-18-14-10-8-6-4-2-1-3-5-7-9-11-15-19(21)16-12-13-17-19/h21H,1-10,12-14,16-18H2. The lowest BCUT2D eigenvalue weighted by Gasteiger charge is -2.12. The summed E-state index contributed by atoms with van der Waals surface area (Å²) >= 11 is 3.48. The Bertz CT molecular complexity index is 296. The van der Waals surface area contributed by atoms with Gasteiger partial charge in [0.2, 0.25) is 0 Å². The van der Waals surface area contributed by atoms with Gasteiger partial charge in [0.05, 0.1) is 0 Å². The minimum Gasteiger partial charge on any atom is -0.378 e. The summed E-state index contributed by atoms with van der Waals surface area (Å²) in [5, 5.41) is 11.3. The van der Waals surface area contributed by atoms with Crippen LogP contribution in [0, 0.1) is 11.8 Å². The maximum absolute atomic E-state index is 10.1. The average molecular weight is 357 g/mol. The topological polar surface area (TPSA) is 20.2 Å². The van der Waals surface area contributed by atoms with Crippen LogP contribution in [0.5, 0.6) is 0 Å². The Morgan fingerprint density at radius 2 is 1.24 bits per heavy atom. The maximum atomic E-state index is 10.1. The predicted molar refractivity (Wildman–Crippen MR) is 95.8 cm³/mol. The van der Waals surface area contributed by atoms with E-state index < -0.39 is 5.60 Å². The smallest absolute Gasteiger partial charge is 0.125 e. The lowest BCUT2D eigenvalue weighted by atomic mass is 10.0. The van der Waals surface area contributed by atoms with Crippen LogP contribution in [-0.2, 0) is 0 Å². The van der Waals surface area contributed by atoms with Crippen LogP contribution in [0.1, 0.15) is 96.3 Å². The van der Waals surface area contributed by atoms with Crippen LogP contribution in [-0.4, -0.2) is 16.0 Å². The van der Waals surface area contributed by atoms with Gasteiger partial charge in [0.25, 0.3) is 0 Å². The maximum Gasteiger partial charge on any atom is 0.125 e. The molecule has 0 bridgehead atoms. The van der Waals surface area contributed by atoms with E-state index >= 15 is 0 Å². The molecule has 1 aliphatic rings. The van der Waals surface area contributed by atoms with E-state index in [1.807, 2.05) is 0 Å². The van der Waals surface area contributed by atoms with Crippen LogP contribution in [0.3, 0.4) is 0 Å². The summed E-state index contributed by atoms with van der Waals surface area (Å²) in [5.41, 5.74) is -0.630. The monoisotopic (exact) mass is 356 g/mol. The Balaban J connectivity index is 1.82. The van der Waals surface area contributed by atoms with Gasteiger partial charge in [0.15, 0.2) is 0 Å². The Hall–Kier alpha value is 0. The number of rotatable bonds is 11. The minimum atomic E-state index is -0.630. The van der Waals surface area contributed by atoms with Crippen LogP contribution in [0.15, 0.2) is 0 Å². The van der Waals surface area contributed by atoms with Crippen LogP contribution >= 0.6 is 15.9 Å². The fourth-order valence-corrected chi connectivity index (χ4v) is 3.43. The molecule has 0 saturated heterocycles. The van der Waals surface area contributed by atoms with Gasteiger partial charge in [0, 0.05) is 11.8 Å². The van der Waals surface area contributed by atoms with Gasteiger partial charge >= 0.3 is 0 Å². The van der Waals surface area contributed by atoms with E-state index in [0.717, 1.165) is 37.4 Å². The third-order valence-electron chi connectivity index (χ3n) is 4.44. The Morgan fingerprint density at radius 3 is 1.76 bits per heavy atom. The average Bonchev–Trinajstić information content (AvgIpc) is 2.91. The summed E-state index contributed by atoms with van der Waals surface area (Å²) in [5.74, 6) is 6.29. The molecule has 1 fully saturated rings. The molecule has 122 valence electrons. The van der Waals surface area contributed by atoms with Crippen molar-refractivity contribution in [2.45, 2.75) is 102 Å². The molecule has 0 unspecified atom stereocenters. The molecule has 0 heterocycles. The summed E-state index contributed by atoms with van der Waals surface area (Å²) in [6.45, 7) is 0. The third kappa shape index (κ3) is 10.4. The highest BCUT2D eigenvalue weighted by molar-refractivity contribution is 9.09. The van der Waals surface area contributed by atoms with Crippen molar-refractivity contribution >= 4 is 15.9 Å². The fourth-order valence-electron chi connectivity index (χ4n) is 3.03. The molecule has 0 aliphatic heterocycles. The second kappa shape index (κ2) is 12.5. The molecule has 0 radical (unpaired) electrons. The van der Waals surface area contributed by atoms with Crippen molar-refractivity contribution < 1.29 is 5.11 Å². The molecule has 0 aromatic heterocycles. The second-order valence-electron chi connectivity index (χ2n) is 6.51. The number of alkyl halides is 1. The Kier molecular flexibility index (Phi) is 11.4. The van der Waals surface area contributed by atoms with Gasteiger partial charge in [0.1, 0.15) is 5.60 Å². The van der Waals surface area contributed by atoms with Gasteiger partial charge in [-0.25, -0.2) is 0 Å². The van der Waals surface area contributed by atoms with E-state index in [9.17, 15) is 5.11 Å². The van der Waals surface area contributed by atoms with Gasteiger partial charge in [-0.05, 0) is 38.5 Å². The molecule has 0 spiro atoms. The summed E-state index contributed by atoms with van der Waals surface area (Å²) in [7, 11) is 0. The molecule has 0 aromatic rings. The summed E-state index contributed by atoms with van der Waals surface area (Å²) < 4.78 is 0. The molecule has 1 saturated carbocycles. The van der Waals surface area contributed by atoms with Crippen molar-refractivity contribution in [3.63, 3.8) is 0 Å². The fraction of sp³-hybridized carbons (Fsp3) is 0.895. The van der Waals surface area contributed by atoms with E-state index in [2.05, 4.69) is 27.8 Å². The molecule has 0 atom stereocenters. The third-order valence-corrected chi connectivity index (χ3v) is 5.00. The first kappa shape index (κ1) is 19.0. The molecule has 0 amide bonds. The van der Waals surface area contributed by atoms with E-state index in [-0.39, 0.29) is 0 Å². The van der Waals surface area contributed by atoms with Crippen LogP contribution < -0.4 is 0 Å². The van der Waals surface area contributed by atoms with Crippen LogP contribution in [0.4, 0.5) is 0 Å². The zero-order valence-electron chi connectivity index (χ0n) is 13.6. The number of aliphatic hydroxyl groups is 1. The Morgan fingerprint density at radius 1 is 0.762 bits per heavy atom. The highest BCUT2D eigenvalue weighted by Crippen LogP contribution is 2.28. The van der Waals surface area contributed by atoms with Crippen molar-refractivity contribution in [2.75, 3.05) is 5.33 Å². The molecule has 1 aliphatic carbocycles. The number of unbranched alkanes of at least 4 members (excludes halogenated alkanes) is 10. The molecule has 2 heteroatoms. The van der Waals surface area contributed by atoms with Crippen molar-refractivity contribution in [1.82, 2.24) is 0 Å². The van der Waals surface area contributed by atoms with Gasteiger partial charge in [-0.1, -0.05) is 73.2 Å². The van der Waals surface area contributed by atoms with Crippen molar-refractivity contribution in [1.29, 1.82) is 0 Å². The molecule has 1 nitrogen and oxygen atoms in total. The summed E-state index contributed by atoms with van der Waals surface area (Å²) in [6, 6.07) is 0. The number of hydrogen-bond acceptors (Lipinski definition) is 1. The molecular formula is C19H33BrO. The minimum absolute atomic E-state index is 0.630. The quantitative estimate of drug-likeness (QED) is 0.274. The number of halogens is 1. The predicted octanol–water partition coefficient (Wildman–Crippen LogP) is 5.98. The summed E-state index contributed by atoms with van der Waals surface area (Å²) in [4.78, 5) is 0. The van der Waals surface area contributed by atoms with Crippen molar-refractivity contribution in [2.24, 2.45) is 0 Å². The van der Waals surface area contributed by atoms with E-state index in [0.29, 0.717) is 0 Å². The highest BCUT2D eigenvalue weighted by Gasteiger charge is 2.28. The molecular weight excluding hydrogens is 324 g/mol. The largest absolute Gasteiger partial charge is 0.378 e. The molecule has 21 heavy (non-hydrogen) atoms. The second-order valence-corrected chi connectivity index (χ2v) is 7.31. The van der Waals surface area contributed by atoms with Crippen molar-refractivity contribution in [3.05, 3.63) is 0 Å². The lowest BCUT2D eigenvalue weighted by molar-refractivity contribution is 0.110. The van der Waals surface area contributed by atoms with Crippen LogP contribution in [0.2, 0.25) is 0 Å². The van der Waals surface area contributed by atoms with Gasteiger partial charge in [-0.2, -0.15) is 0 Å². The van der Waals surface area contributed by atoms with Crippen LogP contribution in [0.25, 0.3) is 0 Å². The first-order chi connectivity index (χ1) is 10.3. The van der Waals surface area contributed by atoms with E-state index in [1.165, 1.54) is 64.2 Å². The molecule has 0 aromatic carbocycles. The first-order valence-corrected chi connectivity index (χ1v) is 10.2. The first-order valence-electron chi connectivity index (χ1n) is 9.05. The Labute approximate surface area is 140 Å². The normalized spacial score (nSPS) is 16.7. The highest BCUT2D eigenvalue weighted by atomic mass is 79.9. The van der Waals surface area contributed by atoms with Crippen molar-refractivity contribution in [3.8, 4) is 11.8 Å². The molecule has 1 N–H and O–H groups in total. The SMILES string of the molecule is OC1(C#CCCCCCCCCCCCCBr)CCCC1. The zero-order valence-corrected chi connectivity index (χ0v) is 15.2. The summed E-state index contributed by atoms with van der Waals surface area (Å²) in [6.07, 6.45) is 18.6. The zero-order chi connectivity index (χ0) is 15.2. The van der Waals surface area contributed by atoms with Gasteiger partial charge < -0.3 is 5.11 Å². The van der Waals surface area contributed by atoms with Gasteiger partial charge in [-0.15, -0.1) is 5.92 Å². The van der Waals surface area contributed by atoms with Gasteiger partial charge in [-0.3, -0.25) is 0 Å². The molecule has 1 rings (SSSR count). The number of hydrogen-bond donors (Lipinski definition) is 1. The lowest BCUT2D eigenvalue weighted by Crippen LogP contribution is -2.20. The van der Waals surface area contributed by atoms with E-state index in [1.54, 1.807) is 0 Å².